The van der Waals surface area contributed by atoms with Gasteiger partial charge >= 0.3 is 12.1 Å². The van der Waals surface area contributed by atoms with Crippen LogP contribution in [0, 0.1) is 0 Å². The van der Waals surface area contributed by atoms with Crippen molar-refractivity contribution in [2.24, 2.45) is 0 Å². The summed E-state index contributed by atoms with van der Waals surface area (Å²) >= 11 is 0. The molecule has 4 heterocycles. The molecule has 0 aromatic heterocycles. The normalized spacial score (nSPS) is 31.4. The Balaban J connectivity index is 1.81. The minimum Gasteiger partial charge on any atom is -0.363 e. The molecule has 0 aromatic carbocycles. The van der Waals surface area contributed by atoms with Gasteiger partial charge in [-0.15, -0.1) is 0 Å². The minimum atomic E-state index is -2.16. The van der Waals surface area contributed by atoms with Gasteiger partial charge in [0.15, 0.2) is 11.6 Å². The molecular weight excluding hydrogens is 272 g/mol. The third kappa shape index (κ3) is 1.31. The second kappa shape index (κ2) is 3.17. The molecule has 110 valence electrons. The highest BCUT2D eigenvalue weighted by atomic mass is 16.5. The Hall–Kier alpha value is -1.62. The Bertz CT molecular complexity index is 440. The lowest BCUT2D eigenvalue weighted by molar-refractivity contribution is -0.210. The summed E-state index contributed by atoms with van der Waals surface area (Å²) in [6, 6.07) is -1.08. The Morgan fingerprint density at radius 2 is 0.950 bits per heavy atom. The Kier molecular flexibility index (Phi) is 1.92. The summed E-state index contributed by atoms with van der Waals surface area (Å²) in [4.78, 5) is 29.3. The van der Waals surface area contributed by atoms with Gasteiger partial charge in [-0.25, -0.2) is 9.59 Å². The van der Waals surface area contributed by atoms with E-state index in [-0.39, 0.29) is 26.2 Å². The van der Waals surface area contributed by atoms with Gasteiger partial charge in [0, 0.05) is 0 Å². The zero-order valence-electron chi connectivity index (χ0n) is 10.4. The topological polar surface area (TPSA) is 128 Å². The number of urea groups is 2. The van der Waals surface area contributed by atoms with Crippen LogP contribution in [0.5, 0.6) is 0 Å². The molecular formula is C10H14N4O6. The van der Waals surface area contributed by atoms with Crippen molar-refractivity contribution in [1.29, 1.82) is 0 Å². The fourth-order valence-corrected chi connectivity index (χ4v) is 3.60. The number of carbonyl (C=O) groups excluding carboxylic acids is 2. The monoisotopic (exact) mass is 286 g/mol. The molecule has 10 nitrogen and oxygen atoms in total. The Labute approximate surface area is 113 Å². The largest absolute Gasteiger partial charge is 0.363 e. The second-order valence-corrected chi connectivity index (χ2v) is 5.87. The van der Waals surface area contributed by atoms with Crippen molar-refractivity contribution in [3.8, 4) is 0 Å². The maximum atomic E-state index is 12.3. The van der Waals surface area contributed by atoms with Crippen LogP contribution >= 0.6 is 0 Å². The van der Waals surface area contributed by atoms with Crippen LogP contribution in [0.15, 0.2) is 0 Å². The zero-order valence-corrected chi connectivity index (χ0v) is 10.4. The van der Waals surface area contributed by atoms with Crippen molar-refractivity contribution in [1.82, 2.24) is 19.6 Å². The van der Waals surface area contributed by atoms with Crippen molar-refractivity contribution < 1.29 is 30.0 Å². The van der Waals surface area contributed by atoms with Crippen LogP contribution in [0.3, 0.4) is 0 Å². The van der Waals surface area contributed by atoms with E-state index in [1.54, 1.807) is 0 Å². The number of hydrogen-bond acceptors (Lipinski definition) is 6. The molecule has 0 saturated carbocycles. The highest BCUT2D eigenvalue weighted by molar-refractivity contribution is 5.86. The molecule has 20 heavy (non-hydrogen) atoms. The number of rotatable bonds is 0. The molecule has 4 aliphatic heterocycles. The highest BCUT2D eigenvalue weighted by Gasteiger charge is 2.66. The number of hydrogen-bond donors (Lipinski definition) is 4. The van der Waals surface area contributed by atoms with Gasteiger partial charge in [0.05, 0.1) is 26.2 Å². The van der Waals surface area contributed by atoms with Gasteiger partial charge in [-0.3, -0.25) is 19.6 Å². The molecule has 4 N–H and O–H groups in total. The quantitative estimate of drug-likeness (QED) is 0.342. The molecule has 0 unspecified atom stereocenters. The zero-order chi connectivity index (χ0) is 14.4. The van der Waals surface area contributed by atoms with Gasteiger partial charge in [0.25, 0.3) is 0 Å². The first-order valence-corrected chi connectivity index (χ1v) is 6.24. The fourth-order valence-electron chi connectivity index (χ4n) is 3.60. The third-order valence-electron chi connectivity index (χ3n) is 4.22. The first-order valence-electron chi connectivity index (χ1n) is 6.24. The summed E-state index contributed by atoms with van der Waals surface area (Å²) in [7, 11) is 0. The van der Waals surface area contributed by atoms with E-state index in [1.165, 1.54) is 19.6 Å². The van der Waals surface area contributed by atoms with Crippen molar-refractivity contribution in [2.75, 3.05) is 26.2 Å². The van der Waals surface area contributed by atoms with Crippen molar-refractivity contribution in [3.05, 3.63) is 0 Å². The summed E-state index contributed by atoms with van der Waals surface area (Å²) in [6.45, 7) is -1.26. The first kappa shape index (κ1) is 12.1. The highest BCUT2D eigenvalue weighted by Crippen LogP contribution is 2.42. The van der Waals surface area contributed by atoms with Gasteiger partial charge in [-0.05, 0) is 0 Å². The van der Waals surface area contributed by atoms with Gasteiger partial charge in [0.2, 0.25) is 0 Å². The van der Waals surface area contributed by atoms with Gasteiger partial charge in [0.1, 0.15) is 12.3 Å². The second-order valence-electron chi connectivity index (χ2n) is 5.87. The molecule has 4 rings (SSSR count). The average Bonchev–Trinajstić information content (AvgIpc) is 2.72. The minimum absolute atomic E-state index is 0.315. The van der Waals surface area contributed by atoms with E-state index in [1.807, 2.05) is 0 Å². The molecule has 0 atom stereocenters. The van der Waals surface area contributed by atoms with E-state index >= 15 is 0 Å². The number of nitrogens with zero attached hydrogens (tertiary/aromatic N) is 4. The SMILES string of the molecule is O=C1N2CC(O)(O)CN3C(=O)N4CC(O)(O)CN1C4C23. The first-order chi connectivity index (χ1) is 9.20. The van der Waals surface area contributed by atoms with Gasteiger partial charge < -0.3 is 20.4 Å². The van der Waals surface area contributed by atoms with Crippen LogP contribution in [0.4, 0.5) is 9.59 Å². The van der Waals surface area contributed by atoms with E-state index in [9.17, 15) is 30.0 Å². The predicted molar refractivity (Wildman–Crippen MR) is 59.5 cm³/mol. The average molecular weight is 286 g/mol. The molecule has 0 radical (unpaired) electrons. The molecule has 4 amide bonds. The van der Waals surface area contributed by atoms with E-state index in [2.05, 4.69) is 0 Å². The van der Waals surface area contributed by atoms with Crippen LogP contribution in [-0.4, -0.2) is 102 Å². The molecule has 4 aliphatic rings. The van der Waals surface area contributed by atoms with Crippen LogP contribution in [-0.2, 0) is 0 Å². The van der Waals surface area contributed by atoms with E-state index < -0.39 is 36.0 Å². The summed E-state index contributed by atoms with van der Waals surface area (Å²) < 4.78 is 0. The predicted octanol–water partition coefficient (Wildman–Crippen LogP) is -3.50. The van der Waals surface area contributed by atoms with Crippen LogP contribution < -0.4 is 0 Å². The molecule has 0 aliphatic carbocycles. The van der Waals surface area contributed by atoms with E-state index in [0.29, 0.717) is 0 Å². The smallest absolute Gasteiger partial charge is 0.323 e. The maximum absolute atomic E-state index is 12.3. The number of amides is 4. The summed E-state index contributed by atoms with van der Waals surface area (Å²) in [6.07, 6.45) is -1.22. The van der Waals surface area contributed by atoms with Crippen molar-refractivity contribution in [2.45, 2.75) is 23.9 Å². The van der Waals surface area contributed by atoms with Gasteiger partial charge in [-0.2, -0.15) is 0 Å². The van der Waals surface area contributed by atoms with Crippen LogP contribution in [0.25, 0.3) is 0 Å². The molecule has 10 heteroatoms. The lowest BCUT2D eigenvalue weighted by Crippen LogP contribution is -2.65. The van der Waals surface area contributed by atoms with Crippen molar-refractivity contribution >= 4 is 12.1 Å². The maximum Gasteiger partial charge on any atom is 0.323 e. The molecule has 4 saturated heterocycles. The fraction of sp³-hybridized carbons (Fsp3) is 0.800. The number of aliphatic hydroxyl groups is 4. The molecule has 0 aromatic rings. The molecule has 0 bridgehead atoms. The number of carbonyl (C=O) groups is 2. The van der Waals surface area contributed by atoms with Crippen molar-refractivity contribution in [3.63, 3.8) is 0 Å². The van der Waals surface area contributed by atoms with Crippen LogP contribution in [0.2, 0.25) is 0 Å². The summed E-state index contributed by atoms with van der Waals surface area (Å²) in [5.74, 6) is -4.32. The summed E-state index contributed by atoms with van der Waals surface area (Å²) in [5.41, 5.74) is 0. The lowest BCUT2D eigenvalue weighted by atomic mass is 10.1. The molecule has 0 spiro atoms. The van der Waals surface area contributed by atoms with Crippen LogP contribution in [0.1, 0.15) is 0 Å². The van der Waals surface area contributed by atoms with Gasteiger partial charge in [-0.1, -0.05) is 0 Å². The standard InChI is InChI=1S/C10H14N4O6/c15-7-11-1-9(17,18)2-12-5(11)6-13(7)3-10(19,20)4-14(6)8(12)16/h5-6,17-20H,1-4H2. The lowest BCUT2D eigenvalue weighted by Gasteiger charge is -2.42. The van der Waals surface area contributed by atoms with E-state index in [4.69, 9.17) is 0 Å². The summed E-state index contributed by atoms with van der Waals surface area (Å²) in [5, 5.41) is 39.1. The molecule has 4 fully saturated rings. The Morgan fingerprint density at radius 3 is 1.20 bits per heavy atom. The van der Waals surface area contributed by atoms with E-state index in [0.717, 1.165) is 0 Å². The Morgan fingerprint density at radius 1 is 0.700 bits per heavy atom. The third-order valence-corrected chi connectivity index (χ3v) is 4.22.